The molecule has 1 saturated carbocycles. The molecule has 0 saturated heterocycles. The third-order valence-corrected chi connectivity index (χ3v) is 4.67. The van der Waals surface area contributed by atoms with Gasteiger partial charge < -0.3 is 5.32 Å². The monoisotopic (exact) mass is 253 g/mol. The van der Waals surface area contributed by atoms with E-state index in [1.54, 1.807) is 0 Å². The average Bonchev–Trinajstić information content (AvgIpc) is 2.35. The summed E-state index contributed by atoms with van der Waals surface area (Å²) >= 11 is 0. The zero-order valence-electron chi connectivity index (χ0n) is 13.2. The summed E-state index contributed by atoms with van der Waals surface area (Å²) in [5.74, 6) is 1.76. The van der Waals surface area contributed by atoms with Crippen molar-refractivity contribution in [3.8, 4) is 0 Å². The Bertz CT molecular complexity index is 200. The zero-order chi connectivity index (χ0) is 13.4. The summed E-state index contributed by atoms with van der Waals surface area (Å²) in [6.45, 7) is 9.47. The van der Waals surface area contributed by atoms with Crippen LogP contribution in [0.15, 0.2) is 0 Å². The smallest absolute Gasteiger partial charge is 0.0100 e. The molecular formula is C17H35N. The second kappa shape index (κ2) is 8.96. The van der Waals surface area contributed by atoms with Gasteiger partial charge in [-0.2, -0.15) is 0 Å². The van der Waals surface area contributed by atoms with E-state index in [1.807, 2.05) is 0 Å². The van der Waals surface area contributed by atoms with Crippen LogP contribution >= 0.6 is 0 Å². The van der Waals surface area contributed by atoms with Crippen LogP contribution in [-0.2, 0) is 0 Å². The molecule has 1 rings (SSSR count). The lowest BCUT2D eigenvalue weighted by atomic mass is 9.77. The van der Waals surface area contributed by atoms with Crippen LogP contribution in [-0.4, -0.2) is 12.1 Å². The minimum absolute atomic E-state index is 0.714. The topological polar surface area (TPSA) is 12.0 Å². The highest BCUT2D eigenvalue weighted by molar-refractivity contribution is 4.84. The van der Waals surface area contributed by atoms with E-state index in [9.17, 15) is 0 Å². The Morgan fingerprint density at radius 2 is 1.72 bits per heavy atom. The summed E-state index contributed by atoms with van der Waals surface area (Å²) in [4.78, 5) is 0. The van der Waals surface area contributed by atoms with Crippen LogP contribution < -0.4 is 5.32 Å². The van der Waals surface area contributed by atoms with Gasteiger partial charge in [-0.05, 0) is 38.0 Å². The maximum absolute atomic E-state index is 3.93. The number of unbranched alkanes of at least 4 members (excludes halogenated alkanes) is 3. The maximum Gasteiger partial charge on any atom is 0.0100 e. The number of hydrogen-bond acceptors (Lipinski definition) is 1. The molecule has 0 spiro atoms. The number of nitrogens with one attached hydrogen (secondary N) is 1. The van der Waals surface area contributed by atoms with E-state index in [1.165, 1.54) is 57.8 Å². The third kappa shape index (κ3) is 5.73. The molecule has 0 heterocycles. The molecule has 0 bridgehead atoms. The van der Waals surface area contributed by atoms with Crippen molar-refractivity contribution < 1.29 is 0 Å². The van der Waals surface area contributed by atoms with Gasteiger partial charge in [0.05, 0.1) is 0 Å². The van der Waals surface area contributed by atoms with Crippen LogP contribution in [0.25, 0.3) is 0 Å². The van der Waals surface area contributed by atoms with E-state index >= 15 is 0 Å². The molecule has 0 aromatic heterocycles. The van der Waals surface area contributed by atoms with Crippen molar-refractivity contribution in [2.75, 3.05) is 0 Å². The van der Waals surface area contributed by atoms with Crippen molar-refractivity contribution in [3.63, 3.8) is 0 Å². The zero-order valence-corrected chi connectivity index (χ0v) is 13.2. The van der Waals surface area contributed by atoms with Crippen molar-refractivity contribution in [3.05, 3.63) is 0 Å². The minimum Gasteiger partial charge on any atom is -0.311 e. The second-order valence-electron chi connectivity index (χ2n) is 6.72. The number of hydrogen-bond donors (Lipinski definition) is 1. The largest absolute Gasteiger partial charge is 0.311 e. The Hall–Kier alpha value is -0.0400. The fraction of sp³-hybridized carbons (Fsp3) is 1.00. The molecule has 1 fully saturated rings. The third-order valence-electron chi connectivity index (χ3n) is 4.67. The fourth-order valence-corrected chi connectivity index (χ4v) is 3.49. The van der Waals surface area contributed by atoms with Crippen LogP contribution in [0, 0.1) is 11.8 Å². The van der Waals surface area contributed by atoms with Gasteiger partial charge in [0.25, 0.3) is 0 Å². The van der Waals surface area contributed by atoms with Gasteiger partial charge in [-0.25, -0.2) is 0 Å². The van der Waals surface area contributed by atoms with Crippen LogP contribution in [0.4, 0.5) is 0 Å². The van der Waals surface area contributed by atoms with Crippen molar-refractivity contribution in [1.29, 1.82) is 0 Å². The van der Waals surface area contributed by atoms with Gasteiger partial charge in [-0.15, -0.1) is 0 Å². The maximum atomic E-state index is 3.93. The highest BCUT2D eigenvalue weighted by Gasteiger charge is 2.27. The molecule has 18 heavy (non-hydrogen) atoms. The number of rotatable bonds is 8. The van der Waals surface area contributed by atoms with Gasteiger partial charge >= 0.3 is 0 Å². The Balaban J connectivity index is 2.25. The molecule has 1 nitrogen and oxygen atoms in total. The highest BCUT2D eigenvalue weighted by Crippen LogP contribution is 2.30. The van der Waals surface area contributed by atoms with Crippen LogP contribution in [0.5, 0.6) is 0 Å². The Morgan fingerprint density at radius 1 is 1.00 bits per heavy atom. The minimum atomic E-state index is 0.714. The van der Waals surface area contributed by atoms with Gasteiger partial charge in [-0.1, -0.05) is 59.3 Å². The lowest BCUT2D eigenvalue weighted by Crippen LogP contribution is -2.44. The summed E-state index contributed by atoms with van der Waals surface area (Å²) < 4.78 is 0. The predicted octanol–water partition coefficient (Wildman–Crippen LogP) is 5.15. The van der Waals surface area contributed by atoms with Crippen LogP contribution in [0.1, 0.15) is 85.5 Å². The second-order valence-corrected chi connectivity index (χ2v) is 6.72. The molecule has 108 valence electrons. The van der Waals surface area contributed by atoms with E-state index in [0.29, 0.717) is 6.04 Å². The van der Waals surface area contributed by atoms with Crippen molar-refractivity contribution in [2.24, 2.45) is 11.8 Å². The molecule has 3 unspecified atom stereocenters. The Kier molecular flexibility index (Phi) is 7.97. The van der Waals surface area contributed by atoms with E-state index < -0.39 is 0 Å². The molecular weight excluding hydrogens is 218 g/mol. The summed E-state index contributed by atoms with van der Waals surface area (Å²) in [7, 11) is 0. The van der Waals surface area contributed by atoms with Crippen LogP contribution in [0.2, 0.25) is 0 Å². The summed E-state index contributed by atoms with van der Waals surface area (Å²) in [5.41, 5.74) is 0. The lowest BCUT2D eigenvalue weighted by molar-refractivity contribution is 0.192. The predicted molar refractivity (Wildman–Crippen MR) is 81.9 cm³/mol. The SMILES string of the molecule is CCCCCCC(C)NC1CCCCC1C(C)C. The van der Waals surface area contributed by atoms with Crippen molar-refractivity contribution in [2.45, 2.75) is 97.6 Å². The standard InChI is InChI=1S/C17H35N/c1-5-6-7-8-11-15(4)18-17-13-10-9-12-16(17)14(2)3/h14-18H,5-13H2,1-4H3. The molecule has 1 aliphatic rings. The Morgan fingerprint density at radius 3 is 2.39 bits per heavy atom. The highest BCUT2D eigenvalue weighted by atomic mass is 15.0. The molecule has 0 aliphatic heterocycles. The van der Waals surface area contributed by atoms with Gasteiger partial charge in [0.1, 0.15) is 0 Å². The lowest BCUT2D eigenvalue weighted by Gasteiger charge is -2.37. The fourth-order valence-electron chi connectivity index (χ4n) is 3.49. The average molecular weight is 253 g/mol. The molecule has 0 aromatic carbocycles. The molecule has 0 aromatic rings. The van der Waals surface area contributed by atoms with E-state index in [4.69, 9.17) is 0 Å². The molecule has 1 heteroatoms. The van der Waals surface area contributed by atoms with Crippen molar-refractivity contribution >= 4 is 0 Å². The summed E-state index contributed by atoms with van der Waals surface area (Å²) in [5, 5.41) is 3.93. The molecule has 0 amide bonds. The summed E-state index contributed by atoms with van der Waals surface area (Å²) in [6, 6.07) is 1.51. The Labute approximate surface area is 115 Å². The summed E-state index contributed by atoms with van der Waals surface area (Å²) in [6.07, 6.45) is 12.7. The normalized spacial score (nSPS) is 26.5. The van der Waals surface area contributed by atoms with Crippen LogP contribution in [0.3, 0.4) is 0 Å². The first-order valence-corrected chi connectivity index (χ1v) is 8.41. The molecule has 3 atom stereocenters. The van der Waals surface area contributed by atoms with Gasteiger partial charge in [0, 0.05) is 12.1 Å². The van der Waals surface area contributed by atoms with Gasteiger partial charge in [-0.3, -0.25) is 0 Å². The van der Waals surface area contributed by atoms with Gasteiger partial charge in [0.15, 0.2) is 0 Å². The first-order chi connectivity index (χ1) is 8.65. The van der Waals surface area contributed by atoms with E-state index in [0.717, 1.165) is 17.9 Å². The first-order valence-electron chi connectivity index (χ1n) is 8.41. The van der Waals surface area contributed by atoms with E-state index in [2.05, 4.69) is 33.0 Å². The van der Waals surface area contributed by atoms with Gasteiger partial charge in [0.2, 0.25) is 0 Å². The molecule has 1 N–H and O–H groups in total. The quantitative estimate of drug-likeness (QED) is 0.590. The first kappa shape index (κ1) is 16.0. The van der Waals surface area contributed by atoms with E-state index in [-0.39, 0.29) is 0 Å². The molecule has 0 radical (unpaired) electrons. The van der Waals surface area contributed by atoms with Crippen molar-refractivity contribution in [1.82, 2.24) is 5.32 Å². The molecule has 1 aliphatic carbocycles.